The van der Waals surface area contributed by atoms with E-state index >= 15 is 0 Å². The van der Waals surface area contributed by atoms with Crippen LogP contribution in [0.25, 0.3) is 0 Å². The first-order valence-corrected chi connectivity index (χ1v) is 8.24. The van der Waals surface area contributed by atoms with Crippen molar-refractivity contribution in [3.63, 3.8) is 0 Å². The molecular formula is C20H22FN3. The first kappa shape index (κ1) is 16.2. The van der Waals surface area contributed by atoms with Gasteiger partial charge in [0, 0.05) is 13.2 Å². The molecule has 124 valence electrons. The molecule has 4 heteroatoms. The molecule has 3 nitrogen and oxygen atoms in total. The van der Waals surface area contributed by atoms with Crippen molar-refractivity contribution >= 4 is 5.69 Å². The van der Waals surface area contributed by atoms with Crippen LogP contribution in [0.1, 0.15) is 29.8 Å². The van der Waals surface area contributed by atoms with Gasteiger partial charge in [0.05, 0.1) is 17.4 Å². The fourth-order valence-electron chi connectivity index (χ4n) is 2.93. The largest absolute Gasteiger partial charge is 0.375 e. The lowest BCUT2D eigenvalue weighted by Gasteiger charge is -2.20. The maximum atomic E-state index is 14.1. The third-order valence-electron chi connectivity index (χ3n) is 4.15. The van der Waals surface area contributed by atoms with Gasteiger partial charge in [-0.3, -0.25) is 4.68 Å². The predicted molar refractivity (Wildman–Crippen MR) is 95.5 cm³/mol. The van der Waals surface area contributed by atoms with Gasteiger partial charge in [0.15, 0.2) is 0 Å². The molecule has 1 atom stereocenters. The molecule has 0 aliphatic carbocycles. The first-order chi connectivity index (χ1) is 11.7. The highest BCUT2D eigenvalue weighted by atomic mass is 19.1. The van der Waals surface area contributed by atoms with Gasteiger partial charge in [-0.2, -0.15) is 5.10 Å². The highest BCUT2D eigenvalue weighted by Crippen LogP contribution is 2.26. The van der Waals surface area contributed by atoms with E-state index in [2.05, 4.69) is 29.5 Å². The third-order valence-corrected chi connectivity index (χ3v) is 4.15. The Morgan fingerprint density at radius 2 is 1.79 bits per heavy atom. The highest BCUT2D eigenvalue weighted by molar-refractivity contribution is 5.49. The molecule has 2 aromatic carbocycles. The number of aryl methyl sites for hydroxylation is 2. The minimum absolute atomic E-state index is 0.0161. The molecule has 0 bridgehead atoms. The van der Waals surface area contributed by atoms with E-state index in [9.17, 15) is 4.39 Å². The smallest absolute Gasteiger partial charge is 0.126 e. The summed E-state index contributed by atoms with van der Waals surface area (Å²) in [4.78, 5) is 0. The van der Waals surface area contributed by atoms with Gasteiger partial charge in [0.25, 0.3) is 0 Å². The van der Waals surface area contributed by atoms with Crippen LogP contribution >= 0.6 is 0 Å². The lowest BCUT2D eigenvalue weighted by Crippen LogP contribution is -2.15. The molecule has 3 rings (SSSR count). The molecule has 0 spiro atoms. The molecule has 1 aromatic heterocycles. The molecule has 1 heterocycles. The Labute approximate surface area is 142 Å². The summed E-state index contributed by atoms with van der Waals surface area (Å²) in [6, 6.07) is 17.1. The van der Waals surface area contributed by atoms with Crippen LogP contribution in [0, 0.1) is 5.82 Å². The fourth-order valence-corrected chi connectivity index (χ4v) is 2.93. The van der Waals surface area contributed by atoms with E-state index in [-0.39, 0.29) is 11.9 Å². The summed E-state index contributed by atoms with van der Waals surface area (Å²) >= 11 is 0. The fraction of sp³-hybridized carbons (Fsp3) is 0.250. The second kappa shape index (κ2) is 7.30. The number of benzene rings is 2. The Kier molecular flexibility index (Phi) is 4.94. The number of hydrogen-bond acceptors (Lipinski definition) is 2. The van der Waals surface area contributed by atoms with Crippen molar-refractivity contribution < 1.29 is 4.39 Å². The third kappa shape index (κ3) is 3.65. The minimum Gasteiger partial charge on any atom is -0.375 e. The van der Waals surface area contributed by atoms with Crippen LogP contribution in [0.5, 0.6) is 0 Å². The van der Waals surface area contributed by atoms with Gasteiger partial charge in [-0.15, -0.1) is 0 Å². The van der Waals surface area contributed by atoms with E-state index in [1.165, 1.54) is 6.07 Å². The van der Waals surface area contributed by atoms with Gasteiger partial charge in [-0.1, -0.05) is 55.5 Å². The van der Waals surface area contributed by atoms with Gasteiger partial charge in [0.1, 0.15) is 5.82 Å². The van der Waals surface area contributed by atoms with Crippen molar-refractivity contribution in [1.82, 2.24) is 9.78 Å². The summed E-state index contributed by atoms with van der Waals surface area (Å²) in [6.07, 6.45) is 3.41. The Morgan fingerprint density at radius 3 is 2.50 bits per heavy atom. The lowest BCUT2D eigenvalue weighted by molar-refractivity contribution is 0.599. The van der Waals surface area contributed by atoms with E-state index < -0.39 is 0 Å². The van der Waals surface area contributed by atoms with Crippen LogP contribution in [0.2, 0.25) is 0 Å². The molecule has 1 unspecified atom stereocenters. The normalized spacial score (nSPS) is 12.1. The summed E-state index contributed by atoms with van der Waals surface area (Å²) in [5.41, 5.74) is 3.87. The number of nitrogens with one attached hydrogen (secondary N) is 1. The van der Waals surface area contributed by atoms with Crippen LogP contribution in [-0.2, 0) is 19.9 Å². The van der Waals surface area contributed by atoms with Gasteiger partial charge < -0.3 is 5.32 Å². The van der Waals surface area contributed by atoms with Crippen molar-refractivity contribution in [2.75, 3.05) is 5.32 Å². The lowest BCUT2D eigenvalue weighted by atomic mass is 9.98. The molecule has 0 saturated heterocycles. The van der Waals surface area contributed by atoms with Crippen LogP contribution in [0.3, 0.4) is 0 Å². The Bertz CT molecular complexity index is 796. The molecule has 0 saturated carbocycles. The topological polar surface area (TPSA) is 29.9 Å². The number of aromatic nitrogens is 2. The minimum atomic E-state index is -0.165. The van der Waals surface area contributed by atoms with E-state index in [0.717, 1.165) is 23.4 Å². The number of halogens is 1. The number of nitrogens with zero attached hydrogens (tertiary/aromatic N) is 2. The summed E-state index contributed by atoms with van der Waals surface area (Å²) in [5.74, 6) is -0.165. The molecule has 0 fully saturated rings. The summed E-state index contributed by atoms with van der Waals surface area (Å²) < 4.78 is 15.9. The quantitative estimate of drug-likeness (QED) is 0.723. The SMILES string of the molecule is CCc1nn(C)cc1NC(Cc1ccccc1F)c1ccccc1. The molecule has 0 radical (unpaired) electrons. The van der Waals surface area contributed by atoms with Crippen molar-refractivity contribution in [2.24, 2.45) is 7.05 Å². The van der Waals surface area contributed by atoms with Crippen LogP contribution in [0.4, 0.5) is 10.1 Å². The summed E-state index contributed by atoms with van der Waals surface area (Å²) in [7, 11) is 1.92. The van der Waals surface area contributed by atoms with E-state index in [4.69, 9.17) is 0 Å². The second-order valence-corrected chi connectivity index (χ2v) is 5.92. The Hall–Kier alpha value is -2.62. The average molecular weight is 323 g/mol. The zero-order valence-corrected chi connectivity index (χ0v) is 14.0. The Balaban J connectivity index is 1.92. The zero-order valence-electron chi connectivity index (χ0n) is 14.0. The van der Waals surface area contributed by atoms with E-state index in [1.54, 1.807) is 6.07 Å². The first-order valence-electron chi connectivity index (χ1n) is 8.24. The number of hydrogen-bond donors (Lipinski definition) is 1. The van der Waals surface area contributed by atoms with Crippen LogP contribution in [0.15, 0.2) is 60.8 Å². The predicted octanol–water partition coefficient (Wildman–Crippen LogP) is 4.52. The van der Waals surface area contributed by atoms with Gasteiger partial charge in [-0.25, -0.2) is 4.39 Å². The van der Waals surface area contributed by atoms with Crippen LogP contribution < -0.4 is 5.32 Å². The molecule has 24 heavy (non-hydrogen) atoms. The molecule has 0 amide bonds. The molecule has 1 N–H and O–H groups in total. The maximum absolute atomic E-state index is 14.1. The van der Waals surface area contributed by atoms with Crippen molar-refractivity contribution in [3.8, 4) is 0 Å². The van der Waals surface area contributed by atoms with Crippen molar-refractivity contribution in [1.29, 1.82) is 0 Å². The van der Waals surface area contributed by atoms with Gasteiger partial charge in [0.2, 0.25) is 0 Å². The molecular weight excluding hydrogens is 301 g/mol. The highest BCUT2D eigenvalue weighted by Gasteiger charge is 2.17. The second-order valence-electron chi connectivity index (χ2n) is 5.92. The number of rotatable bonds is 6. The van der Waals surface area contributed by atoms with Gasteiger partial charge in [-0.05, 0) is 30.0 Å². The standard InChI is InChI=1S/C20H22FN3/c1-3-18-20(14-24(2)23-18)22-19(15-9-5-4-6-10-15)13-16-11-7-8-12-17(16)21/h4-12,14,19,22H,3,13H2,1-2H3. The van der Waals surface area contributed by atoms with Crippen molar-refractivity contribution in [3.05, 3.63) is 83.4 Å². The average Bonchev–Trinajstić information content (AvgIpc) is 2.96. The zero-order chi connectivity index (χ0) is 16.9. The van der Waals surface area contributed by atoms with Gasteiger partial charge >= 0.3 is 0 Å². The maximum Gasteiger partial charge on any atom is 0.126 e. The molecule has 3 aromatic rings. The van der Waals surface area contributed by atoms with Crippen molar-refractivity contribution in [2.45, 2.75) is 25.8 Å². The molecule has 0 aliphatic rings. The van der Waals surface area contributed by atoms with E-state index in [0.29, 0.717) is 12.0 Å². The van der Waals surface area contributed by atoms with E-state index in [1.807, 2.05) is 48.3 Å². The summed E-state index contributed by atoms with van der Waals surface area (Å²) in [5, 5.41) is 8.04. The summed E-state index contributed by atoms with van der Waals surface area (Å²) in [6.45, 7) is 2.09. The Morgan fingerprint density at radius 1 is 1.08 bits per heavy atom. The monoisotopic (exact) mass is 323 g/mol. The van der Waals surface area contributed by atoms with Crippen LogP contribution in [-0.4, -0.2) is 9.78 Å². The number of anilines is 1. The molecule has 0 aliphatic heterocycles.